The van der Waals surface area contributed by atoms with Crippen molar-refractivity contribution in [1.29, 1.82) is 0 Å². The molecule has 0 bridgehead atoms. The molecule has 4 N–H and O–H groups in total. The van der Waals surface area contributed by atoms with E-state index in [0.29, 0.717) is 6.54 Å². The highest BCUT2D eigenvalue weighted by Gasteiger charge is 2.18. The summed E-state index contributed by atoms with van der Waals surface area (Å²) >= 11 is 11.7. The Labute approximate surface area is 127 Å². The van der Waals surface area contributed by atoms with Crippen molar-refractivity contribution in [3.63, 3.8) is 0 Å². The molecule has 1 unspecified atom stereocenters. The van der Waals surface area contributed by atoms with Crippen LogP contribution >= 0.6 is 23.2 Å². The number of halogens is 2. The lowest BCUT2D eigenvalue weighted by Crippen LogP contribution is -2.22. The third-order valence-corrected chi connectivity index (χ3v) is 3.45. The normalized spacial score (nSPS) is 12.0. The lowest BCUT2D eigenvalue weighted by atomic mass is 10.0. The van der Waals surface area contributed by atoms with Gasteiger partial charge in [-0.1, -0.05) is 36.5 Å². The minimum absolute atomic E-state index is 0.0503. The number of amides is 1. The summed E-state index contributed by atoms with van der Waals surface area (Å²) in [6.07, 6.45) is 0.981. The number of hydrogen-bond donors (Lipinski definition) is 3. The second-order valence-corrected chi connectivity index (χ2v) is 5.22. The van der Waals surface area contributed by atoms with Crippen LogP contribution in [0, 0.1) is 5.92 Å². The number of carboxylic acid groups (broad SMARTS) is 1. The average Bonchev–Trinajstić information content (AvgIpc) is 2.38. The number of aromatic carboxylic acids is 1. The van der Waals surface area contributed by atoms with Gasteiger partial charge in [-0.15, -0.1) is 0 Å². The maximum Gasteiger partial charge on any atom is 0.337 e. The summed E-state index contributed by atoms with van der Waals surface area (Å²) in [6, 6.07) is 2.62. The van der Waals surface area contributed by atoms with Crippen LogP contribution in [0.3, 0.4) is 0 Å². The molecule has 1 aromatic carbocycles. The van der Waals surface area contributed by atoms with Crippen LogP contribution in [-0.2, 0) is 4.79 Å². The lowest BCUT2D eigenvalue weighted by Gasteiger charge is -2.14. The maximum atomic E-state index is 11.9. The van der Waals surface area contributed by atoms with Crippen LogP contribution in [0.5, 0.6) is 0 Å². The first-order valence-electron chi connectivity index (χ1n) is 6.11. The Balaban J connectivity index is 2.97. The fourth-order valence-corrected chi connectivity index (χ4v) is 2.26. The standard InChI is InChI=1S/C13H16Cl2N2O3/c1-2-7(6-16)3-11(18)17-12-9(13(19)20)4-8(14)5-10(12)15/h4-5,7H,2-3,6,16H2,1H3,(H,17,18)(H,19,20). The van der Waals surface area contributed by atoms with E-state index in [1.54, 1.807) is 0 Å². The van der Waals surface area contributed by atoms with Crippen molar-refractivity contribution in [2.45, 2.75) is 19.8 Å². The van der Waals surface area contributed by atoms with Crippen molar-refractivity contribution in [1.82, 2.24) is 0 Å². The van der Waals surface area contributed by atoms with E-state index < -0.39 is 5.97 Å². The monoisotopic (exact) mass is 318 g/mol. The first-order valence-corrected chi connectivity index (χ1v) is 6.86. The van der Waals surface area contributed by atoms with Crippen molar-refractivity contribution in [2.24, 2.45) is 11.7 Å². The molecule has 7 heteroatoms. The van der Waals surface area contributed by atoms with E-state index >= 15 is 0 Å². The molecule has 1 amide bonds. The van der Waals surface area contributed by atoms with Gasteiger partial charge in [0.1, 0.15) is 0 Å². The summed E-state index contributed by atoms with van der Waals surface area (Å²) in [4.78, 5) is 23.1. The second-order valence-electron chi connectivity index (χ2n) is 4.38. The number of hydrogen-bond acceptors (Lipinski definition) is 3. The van der Waals surface area contributed by atoms with Gasteiger partial charge in [0.05, 0.1) is 16.3 Å². The van der Waals surface area contributed by atoms with E-state index in [1.165, 1.54) is 12.1 Å². The van der Waals surface area contributed by atoms with Gasteiger partial charge in [-0.3, -0.25) is 4.79 Å². The highest BCUT2D eigenvalue weighted by Crippen LogP contribution is 2.30. The molecule has 0 aliphatic carbocycles. The van der Waals surface area contributed by atoms with Crippen molar-refractivity contribution in [3.05, 3.63) is 27.7 Å². The van der Waals surface area contributed by atoms with Gasteiger partial charge in [-0.2, -0.15) is 0 Å². The zero-order valence-corrected chi connectivity index (χ0v) is 12.5. The van der Waals surface area contributed by atoms with Gasteiger partial charge in [0, 0.05) is 11.4 Å². The first kappa shape index (κ1) is 16.8. The predicted octanol–water partition coefficient (Wildman–Crippen LogP) is 3.01. The zero-order chi connectivity index (χ0) is 15.3. The highest BCUT2D eigenvalue weighted by molar-refractivity contribution is 6.37. The second kappa shape index (κ2) is 7.47. The minimum Gasteiger partial charge on any atom is -0.478 e. The fraction of sp³-hybridized carbons (Fsp3) is 0.385. The van der Waals surface area contributed by atoms with E-state index in [2.05, 4.69) is 5.32 Å². The number of anilines is 1. The molecule has 1 atom stereocenters. The largest absolute Gasteiger partial charge is 0.478 e. The Bertz CT molecular complexity index is 517. The minimum atomic E-state index is -1.21. The molecule has 110 valence electrons. The molecule has 0 fully saturated rings. The number of rotatable bonds is 6. The predicted molar refractivity (Wildman–Crippen MR) is 79.5 cm³/mol. The first-order chi connectivity index (χ1) is 9.38. The van der Waals surface area contributed by atoms with E-state index in [1.807, 2.05) is 6.92 Å². The number of nitrogens with one attached hydrogen (secondary N) is 1. The lowest BCUT2D eigenvalue weighted by molar-refractivity contribution is -0.117. The van der Waals surface area contributed by atoms with Crippen LogP contribution in [0.1, 0.15) is 30.1 Å². The zero-order valence-electron chi connectivity index (χ0n) is 11.0. The van der Waals surface area contributed by atoms with E-state index in [0.717, 1.165) is 6.42 Å². The van der Waals surface area contributed by atoms with Gasteiger partial charge in [0.15, 0.2) is 0 Å². The Morgan fingerprint density at radius 1 is 1.40 bits per heavy atom. The topological polar surface area (TPSA) is 92.4 Å². The van der Waals surface area contributed by atoms with Gasteiger partial charge in [0.2, 0.25) is 5.91 Å². The van der Waals surface area contributed by atoms with Gasteiger partial charge in [-0.25, -0.2) is 4.79 Å². The SMILES string of the molecule is CCC(CN)CC(=O)Nc1c(Cl)cc(Cl)cc1C(=O)O. The van der Waals surface area contributed by atoms with Crippen LogP contribution in [-0.4, -0.2) is 23.5 Å². The Hall–Kier alpha value is -1.30. The fourth-order valence-electron chi connectivity index (χ4n) is 1.72. The molecule has 0 aromatic heterocycles. The van der Waals surface area contributed by atoms with Gasteiger partial charge in [-0.05, 0) is 24.6 Å². The van der Waals surface area contributed by atoms with Crippen molar-refractivity contribution < 1.29 is 14.7 Å². The molecule has 1 aromatic rings. The van der Waals surface area contributed by atoms with E-state index in [4.69, 9.17) is 34.0 Å². The molecule has 0 aliphatic rings. The van der Waals surface area contributed by atoms with Crippen LogP contribution in [0.4, 0.5) is 5.69 Å². The molecule has 5 nitrogen and oxygen atoms in total. The molecule has 0 saturated heterocycles. The van der Waals surface area contributed by atoms with E-state index in [-0.39, 0.29) is 39.5 Å². The highest BCUT2D eigenvalue weighted by atomic mass is 35.5. The number of carboxylic acids is 1. The molecule has 0 heterocycles. The maximum absolute atomic E-state index is 11.9. The van der Waals surface area contributed by atoms with Crippen molar-refractivity contribution >= 4 is 40.8 Å². The summed E-state index contributed by atoms with van der Waals surface area (Å²) in [6.45, 7) is 2.33. The van der Waals surface area contributed by atoms with Crippen LogP contribution in [0.15, 0.2) is 12.1 Å². The molecular formula is C13H16Cl2N2O3. The summed E-state index contributed by atoms with van der Waals surface area (Å²) < 4.78 is 0. The summed E-state index contributed by atoms with van der Waals surface area (Å²) in [7, 11) is 0. The van der Waals surface area contributed by atoms with Gasteiger partial charge in [0.25, 0.3) is 0 Å². The van der Waals surface area contributed by atoms with Crippen LogP contribution < -0.4 is 11.1 Å². The molecule has 0 radical (unpaired) electrons. The molecule has 0 spiro atoms. The molecule has 0 saturated carbocycles. The van der Waals surface area contributed by atoms with Crippen LogP contribution in [0.25, 0.3) is 0 Å². The Morgan fingerprint density at radius 3 is 2.55 bits per heavy atom. The third kappa shape index (κ3) is 4.37. The molecule has 0 aliphatic heterocycles. The van der Waals surface area contributed by atoms with E-state index in [9.17, 15) is 9.59 Å². The van der Waals surface area contributed by atoms with Crippen molar-refractivity contribution in [2.75, 3.05) is 11.9 Å². The van der Waals surface area contributed by atoms with Gasteiger partial charge >= 0.3 is 5.97 Å². The molecular weight excluding hydrogens is 303 g/mol. The quantitative estimate of drug-likeness (QED) is 0.751. The number of carbonyl (C=O) groups is 2. The molecule has 20 heavy (non-hydrogen) atoms. The van der Waals surface area contributed by atoms with Crippen molar-refractivity contribution in [3.8, 4) is 0 Å². The molecule has 1 rings (SSSR count). The summed E-state index contributed by atoms with van der Waals surface area (Å²) in [5, 5.41) is 11.9. The number of nitrogens with two attached hydrogens (primary N) is 1. The summed E-state index contributed by atoms with van der Waals surface area (Å²) in [5.41, 5.74) is 5.45. The van der Waals surface area contributed by atoms with Crippen LogP contribution in [0.2, 0.25) is 10.0 Å². The van der Waals surface area contributed by atoms with Gasteiger partial charge < -0.3 is 16.2 Å². The Kier molecular flexibility index (Phi) is 6.26. The summed E-state index contributed by atoms with van der Waals surface area (Å²) in [5.74, 6) is -1.49. The number of benzene rings is 1. The smallest absolute Gasteiger partial charge is 0.337 e. The number of carbonyl (C=O) groups excluding carboxylic acids is 1. The average molecular weight is 319 g/mol. The third-order valence-electron chi connectivity index (χ3n) is 2.93. The Morgan fingerprint density at radius 2 is 2.05 bits per heavy atom.